The summed E-state index contributed by atoms with van der Waals surface area (Å²) in [5.41, 5.74) is 1.14. The minimum atomic E-state index is 0.338. The van der Waals surface area contributed by atoms with Crippen molar-refractivity contribution in [2.24, 2.45) is 0 Å². The first-order valence-electron chi connectivity index (χ1n) is 4.25. The van der Waals surface area contributed by atoms with Crippen molar-refractivity contribution in [3.63, 3.8) is 0 Å². The number of benzene rings is 1. The molecule has 1 aromatic carbocycles. The Morgan fingerprint density at radius 3 is 2.85 bits per heavy atom. The van der Waals surface area contributed by atoms with Crippen LogP contribution >= 0.6 is 15.9 Å². The Morgan fingerprint density at radius 2 is 2.23 bits per heavy atom. The highest BCUT2D eigenvalue weighted by atomic mass is 79.9. The third-order valence-electron chi connectivity index (χ3n) is 1.83. The molecule has 0 aliphatic heterocycles. The van der Waals surface area contributed by atoms with Gasteiger partial charge < -0.3 is 10.0 Å². The van der Waals surface area contributed by atoms with Gasteiger partial charge in [-0.2, -0.15) is 0 Å². The van der Waals surface area contributed by atoms with Gasteiger partial charge in [0.05, 0.1) is 0 Å². The molecule has 0 aliphatic carbocycles. The Morgan fingerprint density at radius 1 is 1.46 bits per heavy atom. The summed E-state index contributed by atoms with van der Waals surface area (Å²) < 4.78 is 0. The molecule has 0 saturated heterocycles. The molecule has 0 heterocycles. The number of nitrogens with zero attached hydrogens (tertiary/aromatic N) is 1. The second-order valence-corrected chi connectivity index (χ2v) is 3.89. The van der Waals surface area contributed by atoms with Crippen molar-refractivity contribution in [1.82, 2.24) is 4.90 Å². The van der Waals surface area contributed by atoms with Gasteiger partial charge in [-0.3, -0.25) is 0 Å². The summed E-state index contributed by atoms with van der Waals surface area (Å²) in [6, 6.07) is 7.37. The first kappa shape index (κ1) is 10.5. The number of alkyl halides is 1. The van der Waals surface area contributed by atoms with Gasteiger partial charge in [0.15, 0.2) is 0 Å². The molecule has 3 heteroatoms. The van der Waals surface area contributed by atoms with Crippen LogP contribution in [-0.2, 0) is 6.54 Å². The monoisotopic (exact) mass is 243 g/mol. The van der Waals surface area contributed by atoms with Crippen LogP contribution in [-0.4, -0.2) is 28.9 Å². The zero-order valence-electron chi connectivity index (χ0n) is 7.70. The van der Waals surface area contributed by atoms with Crippen molar-refractivity contribution in [3.05, 3.63) is 29.8 Å². The number of phenolic OH excluding ortho intramolecular Hbond substituents is 1. The van der Waals surface area contributed by atoms with Gasteiger partial charge in [0.25, 0.3) is 0 Å². The molecule has 1 rings (SSSR count). The Kier molecular flexibility index (Phi) is 4.25. The second-order valence-electron chi connectivity index (χ2n) is 3.10. The zero-order chi connectivity index (χ0) is 9.68. The smallest absolute Gasteiger partial charge is 0.115 e. The summed E-state index contributed by atoms with van der Waals surface area (Å²) in [7, 11) is 2.06. The lowest BCUT2D eigenvalue weighted by Gasteiger charge is -2.14. The molecule has 0 aromatic heterocycles. The molecule has 2 nitrogen and oxygen atoms in total. The molecule has 1 N–H and O–H groups in total. The van der Waals surface area contributed by atoms with Crippen molar-refractivity contribution in [1.29, 1.82) is 0 Å². The van der Waals surface area contributed by atoms with Crippen molar-refractivity contribution >= 4 is 15.9 Å². The average molecular weight is 244 g/mol. The topological polar surface area (TPSA) is 23.5 Å². The lowest BCUT2D eigenvalue weighted by Crippen LogP contribution is -2.19. The third-order valence-corrected chi connectivity index (χ3v) is 2.18. The molecule has 0 atom stereocenters. The summed E-state index contributed by atoms with van der Waals surface area (Å²) in [5, 5.41) is 10.2. The van der Waals surface area contributed by atoms with Gasteiger partial charge in [-0.05, 0) is 24.7 Å². The van der Waals surface area contributed by atoms with Crippen molar-refractivity contribution in [3.8, 4) is 5.75 Å². The third kappa shape index (κ3) is 3.79. The summed E-state index contributed by atoms with van der Waals surface area (Å²) >= 11 is 3.39. The summed E-state index contributed by atoms with van der Waals surface area (Å²) in [6.07, 6.45) is 0. The normalized spacial score (nSPS) is 10.7. The molecule has 0 amide bonds. The lowest BCUT2D eigenvalue weighted by atomic mass is 10.2. The summed E-state index contributed by atoms with van der Waals surface area (Å²) in [4.78, 5) is 2.20. The molecule has 0 saturated carbocycles. The first-order valence-corrected chi connectivity index (χ1v) is 5.37. The number of halogens is 1. The number of hydrogen-bond donors (Lipinski definition) is 1. The van der Waals surface area contributed by atoms with Crippen LogP contribution in [0.3, 0.4) is 0 Å². The first-order chi connectivity index (χ1) is 6.22. The van der Waals surface area contributed by atoms with Crippen LogP contribution < -0.4 is 0 Å². The van der Waals surface area contributed by atoms with E-state index in [0.29, 0.717) is 5.75 Å². The van der Waals surface area contributed by atoms with Gasteiger partial charge >= 0.3 is 0 Å². The maximum absolute atomic E-state index is 9.23. The van der Waals surface area contributed by atoms with Crippen LogP contribution in [0, 0.1) is 0 Å². The van der Waals surface area contributed by atoms with Crippen LogP contribution in [0.4, 0.5) is 0 Å². The summed E-state index contributed by atoms with van der Waals surface area (Å²) in [6.45, 7) is 1.88. The van der Waals surface area contributed by atoms with Gasteiger partial charge in [0, 0.05) is 18.4 Å². The number of aromatic hydroxyl groups is 1. The Labute approximate surface area is 87.3 Å². The van der Waals surface area contributed by atoms with Crippen LogP contribution in [0.15, 0.2) is 24.3 Å². The molecule has 0 spiro atoms. The zero-order valence-corrected chi connectivity index (χ0v) is 9.29. The van der Waals surface area contributed by atoms with Gasteiger partial charge in [-0.15, -0.1) is 0 Å². The maximum Gasteiger partial charge on any atom is 0.115 e. The van der Waals surface area contributed by atoms with E-state index in [1.165, 1.54) is 0 Å². The quantitative estimate of drug-likeness (QED) is 0.821. The second kappa shape index (κ2) is 5.25. The Hall–Kier alpha value is -0.540. The molecule has 0 bridgehead atoms. The number of phenols is 1. The van der Waals surface area contributed by atoms with Crippen LogP contribution in [0.5, 0.6) is 5.75 Å². The average Bonchev–Trinajstić information content (AvgIpc) is 2.04. The van der Waals surface area contributed by atoms with Crippen LogP contribution in [0.1, 0.15) is 5.56 Å². The molecule has 0 unspecified atom stereocenters. The SMILES string of the molecule is CN(CCBr)Cc1cccc(O)c1. The van der Waals surface area contributed by atoms with Gasteiger partial charge in [-0.1, -0.05) is 28.1 Å². The predicted molar refractivity (Wildman–Crippen MR) is 58.2 cm³/mol. The highest BCUT2D eigenvalue weighted by Gasteiger charge is 1.99. The van der Waals surface area contributed by atoms with E-state index >= 15 is 0 Å². The fourth-order valence-electron chi connectivity index (χ4n) is 1.19. The molecule has 0 aliphatic rings. The van der Waals surface area contributed by atoms with E-state index in [1.54, 1.807) is 12.1 Å². The molecular formula is C10H14BrNO. The van der Waals surface area contributed by atoms with Crippen molar-refractivity contribution in [2.45, 2.75) is 6.54 Å². The highest BCUT2D eigenvalue weighted by molar-refractivity contribution is 9.09. The summed E-state index contributed by atoms with van der Waals surface area (Å²) in [5.74, 6) is 0.338. The fraction of sp³-hybridized carbons (Fsp3) is 0.400. The minimum Gasteiger partial charge on any atom is -0.508 e. The van der Waals surface area contributed by atoms with Gasteiger partial charge in [-0.25, -0.2) is 0 Å². The van der Waals surface area contributed by atoms with E-state index in [2.05, 4.69) is 27.9 Å². The maximum atomic E-state index is 9.23. The molecule has 0 radical (unpaired) electrons. The molecular weight excluding hydrogens is 230 g/mol. The largest absolute Gasteiger partial charge is 0.508 e. The molecule has 1 aromatic rings. The van der Waals surface area contributed by atoms with Gasteiger partial charge in [0.1, 0.15) is 5.75 Å². The molecule has 0 fully saturated rings. The number of hydrogen-bond acceptors (Lipinski definition) is 2. The van der Waals surface area contributed by atoms with Crippen LogP contribution in [0.2, 0.25) is 0 Å². The van der Waals surface area contributed by atoms with E-state index in [9.17, 15) is 5.11 Å². The molecule has 72 valence electrons. The highest BCUT2D eigenvalue weighted by Crippen LogP contribution is 2.12. The van der Waals surface area contributed by atoms with Crippen molar-refractivity contribution < 1.29 is 5.11 Å². The van der Waals surface area contributed by atoms with Gasteiger partial charge in [0.2, 0.25) is 0 Å². The predicted octanol–water partition coefficient (Wildman–Crippen LogP) is 2.22. The van der Waals surface area contributed by atoms with Crippen molar-refractivity contribution in [2.75, 3.05) is 18.9 Å². The van der Waals surface area contributed by atoms with E-state index in [-0.39, 0.29) is 0 Å². The lowest BCUT2D eigenvalue weighted by molar-refractivity contribution is 0.348. The standard InChI is InChI=1S/C10H14BrNO/c1-12(6-5-11)8-9-3-2-4-10(13)7-9/h2-4,7,13H,5-6,8H2,1H3. The van der Waals surface area contributed by atoms with E-state index in [4.69, 9.17) is 0 Å². The van der Waals surface area contributed by atoms with E-state index in [1.807, 2.05) is 12.1 Å². The Balaban J connectivity index is 2.53. The van der Waals surface area contributed by atoms with E-state index < -0.39 is 0 Å². The Bertz CT molecular complexity index is 265. The minimum absolute atomic E-state index is 0.338. The number of rotatable bonds is 4. The van der Waals surface area contributed by atoms with E-state index in [0.717, 1.165) is 24.0 Å². The van der Waals surface area contributed by atoms with Crippen LogP contribution in [0.25, 0.3) is 0 Å². The fourth-order valence-corrected chi connectivity index (χ4v) is 1.80. The molecule has 13 heavy (non-hydrogen) atoms.